The maximum absolute atomic E-state index is 4.65. The Bertz CT molecular complexity index is 976. The number of nitrogens with zero attached hydrogens (tertiary/aromatic N) is 3. The Kier molecular flexibility index (Phi) is 3.33. The molecular weight excluding hydrogens is 488 g/mol. The minimum atomic E-state index is 0.905. The van der Waals surface area contributed by atoms with Gasteiger partial charge in [-0.25, -0.2) is 9.97 Å². The zero-order chi connectivity index (χ0) is 14.4. The molecule has 0 fully saturated rings. The van der Waals surface area contributed by atoms with Gasteiger partial charge in [0.2, 0.25) is 0 Å². The van der Waals surface area contributed by atoms with Crippen molar-refractivity contribution >= 4 is 67.1 Å². The lowest BCUT2D eigenvalue weighted by Gasteiger charge is -2.06. The fourth-order valence-corrected chi connectivity index (χ4v) is 3.50. The molecule has 3 aromatic heterocycles. The van der Waals surface area contributed by atoms with Crippen LogP contribution in [0.15, 0.2) is 54.7 Å². The highest BCUT2D eigenvalue weighted by Crippen LogP contribution is 2.31. The normalized spacial score (nSPS) is 11.3. The van der Waals surface area contributed by atoms with Crippen molar-refractivity contribution in [3.8, 4) is 5.82 Å². The topological polar surface area (TPSA) is 30.7 Å². The van der Waals surface area contributed by atoms with E-state index in [1.165, 1.54) is 8.96 Å². The largest absolute Gasteiger partial charge is 0.278 e. The SMILES string of the molecule is Ic1ccc2c3cccnc3n(-c3cccc(I)n3)c2c1. The van der Waals surface area contributed by atoms with Crippen molar-refractivity contribution in [1.29, 1.82) is 0 Å². The molecule has 0 amide bonds. The first kappa shape index (κ1) is 13.4. The number of hydrogen-bond acceptors (Lipinski definition) is 2. The second-order valence-corrected chi connectivity index (χ2v) is 7.04. The highest BCUT2D eigenvalue weighted by molar-refractivity contribution is 14.1. The Balaban J connectivity index is 2.21. The molecule has 4 aromatic rings. The maximum Gasteiger partial charge on any atom is 0.146 e. The molecule has 0 saturated carbocycles. The molecule has 0 aliphatic carbocycles. The first-order valence-electron chi connectivity index (χ1n) is 6.42. The third-order valence-corrected chi connectivity index (χ3v) is 4.69. The van der Waals surface area contributed by atoms with Gasteiger partial charge in [0.25, 0.3) is 0 Å². The van der Waals surface area contributed by atoms with Crippen LogP contribution >= 0.6 is 45.2 Å². The number of rotatable bonds is 1. The highest BCUT2D eigenvalue weighted by Gasteiger charge is 2.13. The van der Waals surface area contributed by atoms with E-state index in [1.807, 2.05) is 30.5 Å². The third kappa shape index (κ3) is 2.22. The van der Waals surface area contributed by atoms with Gasteiger partial charge in [-0.3, -0.25) is 4.57 Å². The summed E-state index contributed by atoms with van der Waals surface area (Å²) in [6.45, 7) is 0. The van der Waals surface area contributed by atoms with E-state index in [9.17, 15) is 0 Å². The van der Waals surface area contributed by atoms with Gasteiger partial charge in [-0.1, -0.05) is 12.1 Å². The van der Waals surface area contributed by atoms with E-state index < -0.39 is 0 Å². The smallest absolute Gasteiger partial charge is 0.146 e. The highest BCUT2D eigenvalue weighted by atomic mass is 127. The molecule has 1 aromatic carbocycles. The number of benzene rings is 1. The van der Waals surface area contributed by atoms with Crippen LogP contribution in [-0.2, 0) is 0 Å². The molecule has 3 heterocycles. The second-order valence-electron chi connectivity index (χ2n) is 4.69. The third-order valence-electron chi connectivity index (χ3n) is 3.42. The van der Waals surface area contributed by atoms with Crippen LogP contribution in [0.4, 0.5) is 0 Å². The Labute approximate surface area is 148 Å². The number of halogens is 2. The Morgan fingerprint density at radius 2 is 1.81 bits per heavy atom. The van der Waals surface area contributed by atoms with Crippen LogP contribution in [0.25, 0.3) is 27.8 Å². The Morgan fingerprint density at radius 1 is 0.905 bits per heavy atom. The molecule has 0 spiro atoms. The summed E-state index contributed by atoms with van der Waals surface area (Å²) < 4.78 is 4.31. The van der Waals surface area contributed by atoms with Crippen LogP contribution in [0.2, 0.25) is 0 Å². The summed E-state index contributed by atoms with van der Waals surface area (Å²) in [5.41, 5.74) is 2.09. The minimum absolute atomic E-state index is 0.905. The predicted octanol–water partition coefficient (Wildman–Crippen LogP) is 4.78. The molecule has 102 valence electrons. The summed E-state index contributed by atoms with van der Waals surface area (Å²) in [4.78, 5) is 9.22. The van der Waals surface area contributed by atoms with E-state index in [0.717, 1.165) is 26.1 Å². The molecule has 0 N–H and O–H groups in total. The number of fused-ring (bicyclic) bond motifs is 3. The van der Waals surface area contributed by atoms with E-state index in [1.54, 1.807) is 0 Å². The first-order chi connectivity index (χ1) is 10.2. The lowest BCUT2D eigenvalue weighted by atomic mass is 10.2. The second kappa shape index (κ2) is 5.20. The van der Waals surface area contributed by atoms with Crippen LogP contribution in [0.1, 0.15) is 0 Å². The summed E-state index contributed by atoms with van der Waals surface area (Å²) in [6.07, 6.45) is 1.83. The molecule has 0 bridgehead atoms. The van der Waals surface area contributed by atoms with Crippen LogP contribution < -0.4 is 0 Å². The molecule has 0 atom stereocenters. The molecule has 3 nitrogen and oxygen atoms in total. The fourth-order valence-electron chi connectivity index (χ4n) is 2.57. The number of pyridine rings is 2. The van der Waals surface area contributed by atoms with Crippen LogP contribution in [-0.4, -0.2) is 14.5 Å². The molecule has 0 unspecified atom stereocenters. The van der Waals surface area contributed by atoms with Crippen molar-refractivity contribution in [2.45, 2.75) is 0 Å². The Morgan fingerprint density at radius 3 is 2.67 bits per heavy atom. The lowest BCUT2D eigenvalue weighted by Crippen LogP contribution is -1.99. The van der Waals surface area contributed by atoms with E-state index in [-0.39, 0.29) is 0 Å². The zero-order valence-corrected chi connectivity index (χ0v) is 15.1. The molecule has 0 aliphatic heterocycles. The van der Waals surface area contributed by atoms with Crippen molar-refractivity contribution in [3.05, 3.63) is 62.0 Å². The number of aromatic nitrogens is 3. The van der Waals surface area contributed by atoms with Gasteiger partial charge in [0.15, 0.2) is 0 Å². The van der Waals surface area contributed by atoms with Crippen LogP contribution in [0.5, 0.6) is 0 Å². The standard InChI is InChI=1S/C16H9I2N3/c17-10-6-7-11-12-3-2-8-19-16(12)21(13(11)9-10)15-5-1-4-14(18)20-15/h1-9H. The molecular formula is C16H9I2N3. The summed E-state index contributed by atoms with van der Waals surface area (Å²) in [6, 6.07) is 16.6. The van der Waals surface area contributed by atoms with Crippen LogP contribution in [0.3, 0.4) is 0 Å². The average Bonchev–Trinajstić information content (AvgIpc) is 2.80. The van der Waals surface area contributed by atoms with Gasteiger partial charge in [-0.05, 0) is 81.6 Å². The van der Waals surface area contributed by atoms with Crippen molar-refractivity contribution in [2.24, 2.45) is 0 Å². The lowest BCUT2D eigenvalue weighted by molar-refractivity contribution is 1.04. The minimum Gasteiger partial charge on any atom is -0.278 e. The zero-order valence-electron chi connectivity index (χ0n) is 10.8. The molecule has 0 aliphatic rings. The maximum atomic E-state index is 4.65. The van der Waals surface area contributed by atoms with E-state index >= 15 is 0 Å². The molecule has 0 saturated heterocycles. The average molecular weight is 497 g/mol. The van der Waals surface area contributed by atoms with Crippen molar-refractivity contribution < 1.29 is 0 Å². The Hall–Kier alpha value is -1.22. The van der Waals surface area contributed by atoms with Gasteiger partial charge in [0.05, 0.1) is 5.52 Å². The summed E-state index contributed by atoms with van der Waals surface area (Å²) in [5, 5.41) is 2.36. The summed E-state index contributed by atoms with van der Waals surface area (Å²) in [7, 11) is 0. The van der Waals surface area contributed by atoms with E-state index in [4.69, 9.17) is 0 Å². The summed E-state index contributed by atoms with van der Waals surface area (Å²) in [5.74, 6) is 0.905. The first-order valence-corrected chi connectivity index (χ1v) is 8.57. The predicted molar refractivity (Wildman–Crippen MR) is 102 cm³/mol. The van der Waals surface area contributed by atoms with Gasteiger partial charge >= 0.3 is 0 Å². The molecule has 0 radical (unpaired) electrons. The monoisotopic (exact) mass is 497 g/mol. The van der Waals surface area contributed by atoms with Gasteiger partial charge in [0.1, 0.15) is 15.2 Å². The molecule has 4 rings (SSSR count). The molecule has 5 heteroatoms. The van der Waals surface area contributed by atoms with Crippen molar-refractivity contribution in [3.63, 3.8) is 0 Å². The van der Waals surface area contributed by atoms with Gasteiger partial charge in [-0.15, -0.1) is 0 Å². The van der Waals surface area contributed by atoms with Crippen molar-refractivity contribution in [2.75, 3.05) is 0 Å². The van der Waals surface area contributed by atoms with E-state index in [0.29, 0.717) is 0 Å². The molecule has 21 heavy (non-hydrogen) atoms. The van der Waals surface area contributed by atoms with Crippen LogP contribution in [0, 0.1) is 7.27 Å². The van der Waals surface area contributed by atoms with E-state index in [2.05, 4.69) is 84.0 Å². The van der Waals surface area contributed by atoms with Gasteiger partial charge in [0, 0.05) is 20.5 Å². The number of hydrogen-bond donors (Lipinski definition) is 0. The van der Waals surface area contributed by atoms with Gasteiger partial charge in [-0.2, -0.15) is 0 Å². The quantitative estimate of drug-likeness (QED) is 0.280. The van der Waals surface area contributed by atoms with Crippen molar-refractivity contribution in [1.82, 2.24) is 14.5 Å². The van der Waals surface area contributed by atoms with Gasteiger partial charge < -0.3 is 0 Å². The fraction of sp³-hybridized carbons (Fsp3) is 0. The summed E-state index contributed by atoms with van der Waals surface area (Å²) >= 11 is 4.58.